The summed E-state index contributed by atoms with van der Waals surface area (Å²) in [4.78, 5) is 25.3. The van der Waals surface area contributed by atoms with Gasteiger partial charge in [-0.15, -0.1) is 0 Å². The molecule has 0 bridgehead atoms. The maximum atomic E-state index is 13.6. The number of carbonyl (C=O) groups is 2. The molecule has 0 unspecified atom stereocenters. The molecule has 0 aliphatic heterocycles. The van der Waals surface area contributed by atoms with Crippen molar-refractivity contribution in [3.05, 3.63) is 29.6 Å². The highest BCUT2D eigenvalue weighted by molar-refractivity contribution is 5.92. The Kier molecular flexibility index (Phi) is 8.98. The SMILES string of the molecule is CCCCOC(=O)CN(CCC)CC(=O)Nc1ccc(F)c(F)c1F. The van der Waals surface area contributed by atoms with Crippen molar-refractivity contribution in [2.75, 3.05) is 31.6 Å². The number of anilines is 1. The number of halogens is 3. The van der Waals surface area contributed by atoms with Gasteiger partial charge in [0.25, 0.3) is 0 Å². The van der Waals surface area contributed by atoms with Crippen LogP contribution in [0.2, 0.25) is 0 Å². The molecule has 0 saturated carbocycles. The number of unbranched alkanes of at least 4 members (excludes halogenated alkanes) is 1. The summed E-state index contributed by atoms with van der Waals surface area (Å²) >= 11 is 0. The van der Waals surface area contributed by atoms with E-state index in [4.69, 9.17) is 4.74 Å². The quantitative estimate of drug-likeness (QED) is 0.396. The van der Waals surface area contributed by atoms with E-state index in [1.807, 2.05) is 13.8 Å². The smallest absolute Gasteiger partial charge is 0.320 e. The van der Waals surface area contributed by atoms with Crippen LogP contribution in [0, 0.1) is 17.5 Å². The number of carbonyl (C=O) groups excluding carboxylic acids is 2. The number of nitrogens with one attached hydrogen (secondary N) is 1. The zero-order valence-electron chi connectivity index (χ0n) is 14.4. The summed E-state index contributed by atoms with van der Waals surface area (Å²) in [5.41, 5.74) is -0.453. The van der Waals surface area contributed by atoms with Crippen LogP contribution in [0.1, 0.15) is 33.1 Å². The number of amides is 1. The first-order chi connectivity index (χ1) is 11.9. The van der Waals surface area contributed by atoms with E-state index >= 15 is 0 Å². The molecule has 0 aliphatic carbocycles. The molecular formula is C17H23F3N2O3. The van der Waals surface area contributed by atoms with E-state index in [9.17, 15) is 22.8 Å². The molecule has 1 N–H and O–H groups in total. The standard InChI is InChI=1S/C17H23F3N2O3/c1-3-5-9-25-15(24)11-22(8-4-2)10-14(23)21-13-7-6-12(18)16(19)17(13)20/h6-7H,3-5,8-11H2,1-2H3,(H,21,23). The van der Waals surface area contributed by atoms with Gasteiger partial charge in [0, 0.05) is 0 Å². The van der Waals surface area contributed by atoms with Gasteiger partial charge in [0.05, 0.1) is 25.4 Å². The third-order valence-electron chi connectivity index (χ3n) is 3.33. The average molecular weight is 360 g/mol. The Labute approximate surface area is 145 Å². The van der Waals surface area contributed by atoms with Crippen molar-refractivity contribution in [1.29, 1.82) is 0 Å². The van der Waals surface area contributed by atoms with Crippen LogP contribution in [0.5, 0.6) is 0 Å². The molecule has 8 heteroatoms. The maximum Gasteiger partial charge on any atom is 0.320 e. The van der Waals surface area contributed by atoms with Crippen molar-refractivity contribution in [3.8, 4) is 0 Å². The van der Waals surface area contributed by atoms with Crippen molar-refractivity contribution < 1.29 is 27.5 Å². The van der Waals surface area contributed by atoms with Crippen LogP contribution < -0.4 is 5.32 Å². The lowest BCUT2D eigenvalue weighted by Crippen LogP contribution is -2.38. The summed E-state index contributed by atoms with van der Waals surface area (Å²) < 4.78 is 44.7. The van der Waals surface area contributed by atoms with Gasteiger partial charge in [0.1, 0.15) is 0 Å². The van der Waals surface area contributed by atoms with Crippen molar-refractivity contribution in [3.63, 3.8) is 0 Å². The minimum absolute atomic E-state index is 0.0781. The zero-order valence-corrected chi connectivity index (χ0v) is 14.4. The molecule has 0 spiro atoms. The van der Waals surface area contributed by atoms with Gasteiger partial charge in [-0.1, -0.05) is 20.3 Å². The van der Waals surface area contributed by atoms with Crippen LogP contribution >= 0.6 is 0 Å². The van der Waals surface area contributed by atoms with E-state index in [0.717, 1.165) is 25.0 Å². The topological polar surface area (TPSA) is 58.6 Å². The molecule has 0 atom stereocenters. The lowest BCUT2D eigenvalue weighted by Gasteiger charge is -2.20. The molecule has 1 amide bonds. The third-order valence-corrected chi connectivity index (χ3v) is 3.33. The molecule has 0 saturated heterocycles. The predicted octanol–water partition coefficient (Wildman–Crippen LogP) is 3.10. The lowest BCUT2D eigenvalue weighted by molar-refractivity contribution is -0.145. The van der Waals surface area contributed by atoms with Gasteiger partial charge in [-0.05, 0) is 31.5 Å². The highest BCUT2D eigenvalue weighted by Crippen LogP contribution is 2.19. The largest absolute Gasteiger partial charge is 0.465 e. The molecule has 140 valence electrons. The molecule has 0 aliphatic rings. The molecule has 0 aromatic heterocycles. The van der Waals surface area contributed by atoms with Crippen molar-refractivity contribution in [2.24, 2.45) is 0 Å². The highest BCUT2D eigenvalue weighted by Gasteiger charge is 2.18. The van der Waals surface area contributed by atoms with E-state index in [1.54, 1.807) is 4.90 Å². The normalized spacial score (nSPS) is 10.8. The Bertz CT molecular complexity index is 597. The molecule has 25 heavy (non-hydrogen) atoms. The van der Waals surface area contributed by atoms with Gasteiger partial charge >= 0.3 is 5.97 Å². The van der Waals surface area contributed by atoms with Gasteiger partial charge in [-0.2, -0.15) is 0 Å². The highest BCUT2D eigenvalue weighted by atomic mass is 19.2. The molecule has 0 radical (unpaired) electrons. The van der Waals surface area contributed by atoms with Crippen LogP contribution in [0.4, 0.5) is 18.9 Å². The Morgan fingerprint density at radius 2 is 1.80 bits per heavy atom. The second-order valence-electron chi connectivity index (χ2n) is 5.56. The van der Waals surface area contributed by atoms with Crippen molar-refractivity contribution in [1.82, 2.24) is 4.90 Å². The number of ether oxygens (including phenoxy) is 1. The minimum Gasteiger partial charge on any atom is -0.465 e. The van der Waals surface area contributed by atoms with Gasteiger partial charge in [0.15, 0.2) is 17.5 Å². The van der Waals surface area contributed by atoms with Gasteiger partial charge in [-0.3, -0.25) is 14.5 Å². The van der Waals surface area contributed by atoms with E-state index in [2.05, 4.69) is 5.32 Å². The maximum absolute atomic E-state index is 13.6. The Morgan fingerprint density at radius 3 is 2.44 bits per heavy atom. The summed E-state index contributed by atoms with van der Waals surface area (Å²) in [6.07, 6.45) is 2.35. The van der Waals surface area contributed by atoms with Gasteiger partial charge in [0.2, 0.25) is 5.91 Å². The van der Waals surface area contributed by atoms with Crippen LogP contribution in [-0.2, 0) is 14.3 Å². The van der Waals surface area contributed by atoms with Crippen LogP contribution in [0.15, 0.2) is 12.1 Å². The summed E-state index contributed by atoms with van der Waals surface area (Å²) in [7, 11) is 0. The Morgan fingerprint density at radius 1 is 1.08 bits per heavy atom. The van der Waals surface area contributed by atoms with Crippen molar-refractivity contribution >= 4 is 17.6 Å². The van der Waals surface area contributed by atoms with Crippen molar-refractivity contribution in [2.45, 2.75) is 33.1 Å². The molecule has 1 rings (SSSR count). The number of hydrogen-bond acceptors (Lipinski definition) is 4. The Hall–Kier alpha value is -2.09. The van der Waals surface area contributed by atoms with Gasteiger partial charge < -0.3 is 10.1 Å². The van der Waals surface area contributed by atoms with E-state index in [-0.39, 0.29) is 13.1 Å². The van der Waals surface area contributed by atoms with E-state index in [1.165, 1.54) is 0 Å². The molecule has 5 nitrogen and oxygen atoms in total. The van der Waals surface area contributed by atoms with Crippen LogP contribution in [-0.4, -0.2) is 43.0 Å². The predicted molar refractivity (Wildman–Crippen MR) is 87.5 cm³/mol. The van der Waals surface area contributed by atoms with Crippen LogP contribution in [0.25, 0.3) is 0 Å². The molecular weight excluding hydrogens is 337 g/mol. The number of esters is 1. The Balaban J connectivity index is 2.61. The monoisotopic (exact) mass is 360 g/mol. The molecule has 0 heterocycles. The summed E-state index contributed by atoms with van der Waals surface area (Å²) in [6, 6.07) is 1.66. The number of benzene rings is 1. The minimum atomic E-state index is -1.65. The van der Waals surface area contributed by atoms with E-state index < -0.39 is 35.0 Å². The first kappa shape index (κ1) is 21.0. The first-order valence-corrected chi connectivity index (χ1v) is 8.20. The molecule has 0 fully saturated rings. The fourth-order valence-corrected chi connectivity index (χ4v) is 2.10. The van der Waals surface area contributed by atoms with Crippen LogP contribution in [0.3, 0.4) is 0 Å². The lowest BCUT2D eigenvalue weighted by atomic mass is 10.2. The third kappa shape index (κ3) is 7.13. The summed E-state index contributed by atoms with van der Waals surface area (Å²) in [5.74, 6) is -5.54. The number of hydrogen-bond donors (Lipinski definition) is 1. The van der Waals surface area contributed by atoms with E-state index in [0.29, 0.717) is 19.6 Å². The fraction of sp³-hybridized carbons (Fsp3) is 0.529. The number of nitrogens with zero attached hydrogens (tertiary/aromatic N) is 1. The first-order valence-electron chi connectivity index (χ1n) is 8.20. The number of rotatable bonds is 10. The van der Waals surface area contributed by atoms with Gasteiger partial charge in [-0.25, -0.2) is 13.2 Å². The summed E-state index contributed by atoms with van der Waals surface area (Å²) in [5, 5.41) is 2.18. The summed E-state index contributed by atoms with van der Waals surface area (Å²) in [6.45, 7) is 4.35. The fourth-order valence-electron chi connectivity index (χ4n) is 2.10. The average Bonchev–Trinajstić information content (AvgIpc) is 2.56. The second-order valence-corrected chi connectivity index (χ2v) is 5.56. The molecule has 1 aromatic carbocycles. The zero-order chi connectivity index (χ0) is 18.8. The molecule has 1 aromatic rings. The second kappa shape index (κ2) is 10.7.